The minimum absolute atomic E-state index is 0.159. The van der Waals surface area contributed by atoms with E-state index in [9.17, 15) is 22.0 Å². The zero-order chi connectivity index (χ0) is 23.5. The highest BCUT2D eigenvalue weighted by Crippen LogP contribution is 2.36. The number of benzene rings is 2. The largest absolute Gasteiger partial charge is 0.481 e. The van der Waals surface area contributed by atoms with Crippen molar-refractivity contribution < 1.29 is 26.7 Å². The SMILES string of the molecule is COc1ccc(S(=O)(=O)C(CC(N)=O)c2ccc(Cl)cc2Cc2c(F)cccc2F)cn1. The fourth-order valence-electron chi connectivity index (χ4n) is 3.32. The smallest absolute Gasteiger partial charge is 0.219 e. The van der Waals surface area contributed by atoms with E-state index < -0.39 is 39.0 Å². The number of pyridine rings is 1. The molecule has 0 radical (unpaired) electrons. The standard InChI is InChI=1S/C22H19ClF2N2O4S/c1-31-22-8-6-15(12-27-22)32(29,30)20(11-21(26)28)16-7-5-14(23)9-13(16)10-17-18(24)3-2-4-19(17)25/h2-9,12,20H,10-11H2,1H3,(H2,26,28). The maximum Gasteiger partial charge on any atom is 0.219 e. The van der Waals surface area contributed by atoms with Crippen molar-refractivity contribution in [3.8, 4) is 5.88 Å². The van der Waals surface area contributed by atoms with Crippen molar-refractivity contribution in [2.75, 3.05) is 7.11 Å². The van der Waals surface area contributed by atoms with Crippen LogP contribution < -0.4 is 10.5 Å². The van der Waals surface area contributed by atoms with Crippen LogP contribution in [0, 0.1) is 11.6 Å². The fraction of sp³-hybridized carbons (Fsp3) is 0.182. The van der Waals surface area contributed by atoms with Crippen molar-refractivity contribution >= 4 is 27.3 Å². The first-order valence-corrected chi connectivity index (χ1v) is 11.3. The van der Waals surface area contributed by atoms with Crippen LogP contribution >= 0.6 is 11.6 Å². The lowest BCUT2D eigenvalue weighted by Crippen LogP contribution is -2.23. The van der Waals surface area contributed by atoms with Gasteiger partial charge in [0.25, 0.3) is 0 Å². The molecule has 2 N–H and O–H groups in total. The quantitative estimate of drug-likeness (QED) is 0.525. The molecule has 3 aromatic rings. The summed E-state index contributed by atoms with van der Waals surface area (Å²) in [5, 5.41) is -1.18. The molecule has 0 saturated heterocycles. The first-order chi connectivity index (χ1) is 15.1. The first kappa shape index (κ1) is 23.6. The second kappa shape index (κ2) is 9.62. The molecule has 1 aromatic heterocycles. The summed E-state index contributed by atoms with van der Waals surface area (Å²) >= 11 is 6.09. The molecule has 1 unspecified atom stereocenters. The molecule has 6 nitrogen and oxygen atoms in total. The molecule has 3 rings (SSSR count). The van der Waals surface area contributed by atoms with Gasteiger partial charge in [0, 0.05) is 35.7 Å². The summed E-state index contributed by atoms with van der Waals surface area (Å²) in [6, 6.07) is 10.4. The second-order valence-corrected chi connectivity index (χ2v) is 9.53. The molecule has 0 aliphatic rings. The molecule has 0 fully saturated rings. The summed E-state index contributed by atoms with van der Waals surface area (Å²) < 4.78 is 60.3. The Morgan fingerprint density at radius 1 is 1.16 bits per heavy atom. The Kier molecular flexibility index (Phi) is 7.10. The number of carbonyl (C=O) groups is 1. The van der Waals surface area contributed by atoms with Gasteiger partial charge < -0.3 is 10.5 Å². The van der Waals surface area contributed by atoms with E-state index in [0.717, 1.165) is 18.3 Å². The topological polar surface area (TPSA) is 99.4 Å². The lowest BCUT2D eigenvalue weighted by Gasteiger charge is -2.21. The van der Waals surface area contributed by atoms with Gasteiger partial charge in [0.15, 0.2) is 9.84 Å². The Labute approximate surface area is 188 Å². The molecule has 0 aliphatic carbocycles. The van der Waals surface area contributed by atoms with E-state index in [1.807, 2.05) is 0 Å². The fourth-order valence-corrected chi connectivity index (χ4v) is 5.25. The number of aromatic nitrogens is 1. The summed E-state index contributed by atoms with van der Waals surface area (Å²) in [7, 11) is -2.79. The number of nitrogens with two attached hydrogens (primary N) is 1. The van der Waals surface area contributed by atoms with Crippen LogP contribution in [0.3, 0.4) is 0 Å². The highest BCUT2D eigenvalue weighted by Gasteiger charge is 2.33. The van der Waals surface area contributed by atoms with Crippen molar-refractivity contribution in [2.24, 2.45) is 5.73 Å². The van der Waals surface area contributed by atoms with Gasteiger partial charge in [0.2, 0.25) is 11.8 Å². The van der Waals surface area contributed by atoms with Crippen LogP contribution in [0.2, 0.25) is 5.02 Å². The monoisotopic (exact) mass is 480 g/mol. The van der Waals surface area contributed by atoms with Crippen molar-refractivity contribution in [1.29, 1.82) is 0 Å². The average molecular weight is 481 g/mol. The predicted octanol–water partition coefficient (Wildman–Crippen LogP) is 4.00. The molecule has 0 saturated carbocycles. The molecule has 0 aliphatic heterocycles. The zero-order valence-electron chi connectivity index (χ0n) is 16.9. The molecule has 1 amide bonds. The Hall–Kier alpha value is -3.04. The van der Waals surface area contributed by atoms with Gasteiger partial charge in [-0.2, -0.15) is 0 Å². The maximum atomic E-state index is 14.3. The molecule has 2 aromatic carbocycles. The molecule has 1 heterocycles. The molecule has 10 heteroatoms. The van der Waals surface area contributed by atoms with Gasteiger partial charge in [-0.25, -0.2) is 22.2 Å². The highest BCUT2D eigenvalue weighted by atomic mass is 35.5. The molecule has 0 spiro atoms. The Morgan fingerprint density at radius 2 is 1.84 bits per heavy atom. The average Bonchev–Trinajstić information content (AvgIpc) is 2.75. The maximum absolute atomic E-state index is 14.3. The lowest BCUT2D eigenvalue weighted by atomic mass is 9.96. The van der Waals surface area contributed by atoms with Crippen molar-refractivity contribution in [1.82, 2.24) is 4.98 Å². The predicted molar refractivity (Wildman–Crippen MR) is 115 cm³/mol. The van der Waals surface area contributed by atoms with E-state index in [2.05, 4.69) is 4.98 Å². The van der Waals surface area contributed by atoms with E-state index in [-0.39, 0.29) is 38.9 Å². The van der Waals surface area contributed by atoms with Crippen LogP contribution in [0.5, 0.6) is 5.88 Å². The van der Waals surface area contributed by atoms with Crippen molar-refractivity contribution in [2.45, 2.75) is 23.0 Å². The van der Waals surface area contributed by atoms with Gasteiger partial charge in [-0.05, 0) is 41.5 Å². The molecular weight excluding hydrogens is 462 g/mol. The van der Waals surface area contributed by atoms with Crippen LogP contribution in [-0.4, -0.2) is 26.4 Å². The van der Waals surface area contributed by atoms with E-state index in [1.165, 1.54) is 43.5 Å². The summed E-state index contributed by atoms with van der Waals surface area (Å²) in [5.74, 6) is -2.23. The number of hydrogen-bond donors (Lipinski definition) is 1. The summed E-state index contributed by atoms with van der Waals surface area (Å²) in [6.07, 6.45) is 0.275. The van der Waals surface area contributed by atoms with Gasteiger partial charge in [-0.3, -0.25) is 4.79 Å². The van der Waals surface area contributed by atoms with Crippen molar-refractivity contribution in [3.63, 3.8) is 0 Å². The zero-order valence-corrected chi connectivity index (χ0v) is 18.5. The molecular formula is C22H19ClF2N2O4S. The van der Waals surface area contributed by atoms with Crippen LogP contribution in [0.15, 0.2) is 59.6 Å². The van der Waals surface area contributed by atoms with E-state index in [0.29, 0.717) is 0 Å². The number of nitrogens with zero attached hydrogens (tertiary/aromatic N) is 1. The molecule has 1 atom stereocenters. The third-order valence-corrected chi connectivity index (χ3v) is 7.19. The van der Waals surface area contributed by atoms with E-state index in [4.69, 9.17) is 22.1 Å². The lowest BCUT2D eigenvalue weighted by molar-refractivity contribution is -0.118. The highest BCUT2D eigenvalue weighted by molar-refractivity contribution is 7.91. The van der Waals surface area contributed by atoms with Gasteiger partial charge in [0.1, 0.15) is 11.6 Å². The molecule has 0 bridgehead atoms. The molecule has 168 valence electrons. The number of hydrogen-bond acceptors (Lipinski definition) is 5. The van der Waals surface area contributed by atoms with Gasteiger partial charge in [-0.15, -0.1) is 0 Å². The number of methoxy groups -OCH3 is 1. The van der Waals surface area contributed by atoms with E-state index in [1.54, 1.807) is 0 Å². The number of halogens is 3. The summed E-state index contributed by atoms with van der Waals surface area (Å²) in [6.45, 7) is 0. The molecule has 32 heavy (non-hydrogen) atoms. The number of rotatable bonds is 8. The minimum Gasteiger partial charge on any atom is -0.481 e. The van der Waals surface area contributed by atoms with Crippen LogP contribution in [-0.2, 0) is 21.1 Å². The minimum atomic E-state index is -4.17. The van der Waals surface area contributed by atoms with Gasteiger partial charge in [-0.1, -0.05) is 23.7 Å². The number of amides is 1. The summed E-state index contributed by atoms with van der Waals surface area (Å²) in [4.78, 5) is 15.5. The number of carbonyl (C=O) groups excluding carboxylic acids is 1. The van der Waals surface area contributed by atoms with Crippen molar-refractivity contribution in [3.05, 3.63) is 88.1 Å². The third kappa shape index (κ3) is 5.05. The van der Waals surface area contributed by atoms with Gasteiger partial charge in [0.05, 0.1) is 17.3 Å². The number of primary amides is 1. The number of sulfone groups is 1. The Morgan fingerprint density at radius 3 is 2.41 bits per heavy atom. The van der Waals surface area contributed by atoms with Crippen LogP contribution in [0.25, 0.3) is 0 Å². The third-order valence-electron chi connectivity index (χ3n) is 4.89. The van der Waals surface area contributed by atoms with E-state index >= 15 is 0 Å². The van der Waals surface area contributed by atoms with Crippen LogP contribution in [0.4, 0.5) is 8.78 Å². The Bertz CT molecular complexity index is 1230. The second-order valence-electron chi connectivity index (χ2n) is 6.96. The van der Waals surface area contributed by atoms with Crippen LogP contribution in [0.1, 0.15) is 28.4 Å². The summed E-state index contributed by atoms with van der Waals surface area (Å²) in [5.41, 5.74) is 5.50. The Balaban J connectivity index is 2.15. The number of ether oxygens (including phenoxy) is 1. The van der Waals surface area contributed by atoms with Gasteiger partial charge >= 0.3 is 0 Å². The first-order valence-electron chi connectivity index (χ1n) is 9.37. The normalized spacial score (nSPS) is 12.4.